The van der Waals surface area contributed by atoms with Crippen molar-refractivity contribution in [3.8, 4) is 0 Å². The third-order valence-corrected chi connectivity index (χ3v) is 28.4. The number of aromatic amines is 1. The molecule has 12 aromatic rings. The van der Waals surface area contributed by atoms with Gasteiger partial charge in [-0.2, -0.15) is 0 Å². The maximum atomic E-state index is 14.6. The Morgan fingerprint density at radius 3 is 1.45 bits per heavy atom. The first-order valence-corrected chi connectivity index (χ1v) is 54.5. The lowest BCUT2D eigenvalue weighted by atomic mass is 9.82. The van der Waals surface area contributed by atoms with E-state index in [1.807, 2.05) is 90.2 Å². The molecule has 0 amide bonds. The van der Waals surface area contributed by atoms with E-state index in [-0.39, 0.29) is 102 Å². The fraction of sp³-hybridized carbons (Fsp3) is 0.511. The van der Waals surface area contributed by atoms with Crippen LogP contribution in [0.25, 0.3) is 61.8 Å². The van der Waals surface area contributed by atoms with Crippen LogP contribution < -0.4 is 4.90 Å². The van der Waals surface area contributed by atoms with Gasteiger partial charge in [0.25, 0.3) is 0 Å². The van der Waals surface area contributed by atoms with E-state index < -0.39 is 6.10 Å². The predicted octanol–water partition coefficient (Wildman–Crippen LogP) is 32.2. The molecule has 8 aromatic carbocycles. The number of H-pyrrole nitrogens is 1. The first-order valence-electron chi connectivity index (χ1n) is 54.5. The summed E-state index contributed by atoms with van der Waals surface area (Å²) in [6.07, 6.45) is 16.4. The van der Waals surface area contributed by atoms with Gasteiger partial charge in [-0.15, -0.1) is 0 Å². The monoisotopic (exact) mass is 2050 g/mol. The number of hydrogen-bond acceptors (Lipinski definition) is 11. The summed E-state index contributed by atoms with van der Waals surface area (Å²) in [4.78, 5) is 41.8. The van der Waals surface area contributed by atoms with E-state index in [9.17, 15) is 33.4 Å². The number of esters is 3. The molecule has 17 heteroatoms. The van der Waals surface area contributed by atoms with E-state index in [4.69, 9.17) is 24.1 Å². The molecule has 0 fully saturated rings. The van der Waals surface area contributed by atoms with Crippen molar-refractivity contribution >= 4 is 85.4 Å². The van der Waals surface area contributed by atoms with Crippen LogP contribution in [0.1, 0.15) is 407 Å². The molecule has 4 N–H and O–H groups in total. The number of methoxy groups -OCH3 is 1. The van der Waals surface area contributed by atoms with Gasteiger partial charge >= 0.3 is 17.9 Å². The van der Waals surface area contributed by atoms with Crippen LogP contribution in [0.3, 0.4) is 0 Å². The van der Waals surface area contributed by atoms with Gasteiger partial charge in [0.1, 0.15) is 11.6 Å². The maximum absolute atomic E-state index is 14.6. The lowest BCUT2D eigenvalue weighted by Gasteiger charge is -2.24. The van der Waals surface area contributed by atoms with E-state index >= 15 is 0 Å². The summed E-state index contributed by atoms with van der Waals surface area (Å²) in [7, 11) is 3.80. The Hall–Kier alpha value is -11.0. The zero-order chi connectivity index (χ0) is 112. The van der Waals surface area contributed by atoms with Crippen molar-refractivity contribution in [2.45, 2.75) is 381 Å². The fourth-order valence-electron chi connectivity index (χ4n) is 19.5. The second kappa shape index (κ2) is 49.0. The molecule has 1 atom stereocenters. The summed E-state index contributed by atoms with van der Waals surface area (Å²) in [5, 5.41) is 33.3. The lowest BCUT2D eigenvalue weighted by molar-refractivity contribution is 0.0514. The maximum Gasteiger partial charge on any atom is 0.340 e. The van der Waals surface area contributed by atoms with Gasteiger partial charge in [-0.25, -0.2) is 23.2 Å². The van der Waals surface area contributed by atoms with Crippen LogP contribution in [0, 0.1) is 17.0 Å². The number of fused-ring (bicyclic) bond motifs is 8. The van der Waals surface area contributed by atoms with Gasteiger partial charge in [0.15, 0.2) is 0 Å². The molecule has 0 saturated carbocycles. The number of aryl methyl sites for hydroxylation is 1. The van der Waals surface area contributed by atoms with E-state index in [1.165, 1.54) is 102 Å². The van der Waals surface area contributed by atoms with Crippen molar-refractivity contribution in [1.82, 2.24) is 18.7 Å². The number of anilines is 1. The predicted molar refractivity (Wildman–Crippen MR) is 629 cm³/mol. The molecule has 5 heterocycles. The van der Waals surface area contributed by atoms with E-state index in [0.717, 1.165) is 85.6 Å². The number of nitrogens with zero attached hydrogens (tertiary/aromatic N) is 4. The summed E-state index contributed by atoms with van der Waals surface area (Å²) in [6.45, 7) is 86.4. The summed E-state index contributed by atoms with van der Waals surface area (Å²) < 4.78 is 56.0. The number of aliphatic hydroxyl groups is 3. The Bertz CT molecular complexity index is 6790. The van der Waals surface area contributed by atoms with Crippen molar-refractivity contribution < 1.29 is 57.4 Å². The molecule has 1 aliphatic heterocycles. The molecule has 4 aromatic heterocycles. The molecule has 0 bridgehead atoms. The van der Waals surface area contributed by atoms with Gasteiger partial charge in [-0.1, -0.05) is 333 Å². The number of carbonyl (C=O) groups excluding carboxylic acids is 3. The van der Waals surface area contributed by atoms with Gasteiger partial charge in [0.2, 0.25) is 0 Å². The molecular formula is C133H185F2N5O10. The van der Waals surface area contributed by atoms with Gasteiger partial charge in [0.05, 0.1) is 73.4 Å². The first kappa shape index (κ1) is 123. The first-order chi connectivity index (χ1) is 69.3. The zero-order valence-corrected chi connectivity index (χ0v) is 99.2. The minimum Gasteiger partial charge on any atom is -0.462 e. The highest BCUT2D eigenvalue weighted by atomic mass is 19.1. The Morgan fingerprint density at radius 1 is 0.427 bits per heavy atom. The number of hydrogen-bond donors (Lipinski definition) is 4. The number of nitrogens with one attached hydrogen (secondary N) is 1. The van der Waals surface area contributed by atoms with Crippen molar-refractivity contribution in [1.29, 1.82) is 0 Å². The third kappa shape index (κ3) is 31.2. The number of ether oxygens (including phenoxy) is 4. The van der Waals surface area contributed by atoms with Gasteiger partial charge in [-0.05, 0) is 276 Å². The summed E-state index contributed by atoms with van der Waals surface area (Å²) in [6, 6.07) is 48.8. The molecule has 150 heavy (non-hydrogen) atoms. The molecule has 0 saturated heterocycles. The number of aromatic nitrogens is 4. The molecule has 15 nitrogen and oxygen atoms in total. The topological polar surface area (TPSA) is 183 Å². The number of allylic oxidation sites excluding steroid dienone is 3. The molecule has 16 rings (SSSR count). The molecule has 1 unspecified atom stereocenters. The minimum absolute atomic E-state index is 0.00576. The largest absolute Gasteiger partial charge is 0.462 e. The Morgan fingerprint density at radius 2 is 0.933 bits per heavy atom. The van der Waals surface area contributed by atoms with Crippen LogP contribution >= 0.6 is 0 Å². The zero-order valence-electron chi connectivity index (χ0n) is 99.2. The van der Waals surface area contributed by atoms with Crippen LogP contribution in [0.2, 0.25) is 0 Å². The van der Waals surface area contributed by atoms with Crippen LogP contribution in [0.5, 0.6) is 0 Å². The second-order valence-corrected chi connectivity index (χ2v) is 52.7. The molecule has 4 aliphatic rings. The number of carbonyl (C=O) groups is 3. The van der Waals surface area contributed by atoms with Crippen LogP contribution in [-0.4, -0.2) is 118 Å². The van der Waals surface area contributed by atoms with Gasteiger partial charge in [-0.3, -0.25) is 0 Å². The van der Waals surface area contributed by atoms with E-state index in [2.05, 4.69) is 367 Å². The standard InChI is InChI=1S/C20H31NO2.C19H28FNO.C17H23F.C17H25NO.2C16H20O2.C15H19NO2.C13H19N/c1-19(2,3)15-8-9-17-14(10-15)11-18(20(4,5)6)21(17)12-16(22)13-23-7;1-18(2,3)14-10-13-11-17(19(4,5)6)21(8-7-9-22)16(13)12-15(14)20;1-16(2,3)12-7-11-8-13(17(4,5)6)10-15(18)14(11)9-12;1-12(2)16-11-13-10-14(17(3,4)5)6-7-15(13)18(16)8-9-19;1-5-18-15(17)14-10-12(16(2,3)4)9-11-7-6-8-13(11)14;1-5-18-15(17)13-9-11-7-6-8-12(11)10-14(13)16(2,3)4;1-5-18-14(17)12-11(15(2,3)4)7-6-10-8-9-16-13(10)12;1-13(2,3)11-6-5-10-7-8-14(4)12(10)9-11/h8-11,16,22H,12-13H2,1-7H3;10-12,22H,7-9H2,1-6H3;7-8,10H,9H2,1-6H3;6-7,10-12,19H,8-9H2,1-5H3;6,8-10H,5,7H2,1-4H3;6-7,9-10H,5,8H2,1-4H3;6-9,16H,5H2,1-4H3;5-6,9H,7-8H2,1-4H3. The number of likely N-dealkylation sites (N-methyl/N-ethyl adjacent to an activating group) is 1. The Kier molecular flexibility index (Phi) is 40.0. The highest BCUT2D eigenvalue weighted by Gasteiger charge is 2.34. The Labute approximate surface area is 899 Å². The van der Waals surface area contributed by atoms with Crippen LogP contribution in [0.4, 0.5) is 14.5 Å². The summed E-state index contributed by atoms with van der Waals surface area (Å²) in [5.74, 6) is -0.416. The van der Waals surface area contributed by atoms with Crippen molar-refractivity contribution in [3.05, 3.63) is 292 Å². The van der Waals surface area contributed by atoms with Gasteiger partial charge < -0.3 is 57.9 Å². The molecule has 816 valence electrons. The van der Waals surface area contributed by atoms with Crippen LogP contribution in [0.15, 0.2) is 163 Å². The summed E-state index contributed by atoms with van der Waals surface area (Å²) in [5.41, 5.74) is 30.4. The van der Waals surface area contributed by atoms with Crippen molar-refractivity contribution in [2.24, 2.45) is 5.41 Å². The third-order valence-electron chi connectivity index (χ3n) is 28.4. The minimum atomic E-state index is -0.501. The smallest absolute Gasteiger partial charge is 0.340 e. The number of aliphatic hydroxyl groups excluding tert-OH is 3. The number of rotatable bonds is 16. The normalized spacial score (nSPS) is 13.7. The highest BCUT2D eigenvalue weighted by Crippen LogP contribution is 2.44. The average Bonchev–Trinajstić information content (AvgIpc) is 1.60. The quantitative estimate of drug-likeness (QED) is 0.0534. The van der Waals surface area contributed by atoms with Crippen LogP contribution in [-0.2, 0) is 118 Å². The molecule has 0 spiro atoms. The average molecular weight is 2050 g/mol. The van der Waals surface area contributed by atoms with Crippen molar-refractivity contribution in [2.75, 3.05) is 65.2 Å². The van der Waals surface area contributed by atoms with Gasteiger partial charge in [0, 0.05) is 113 Å². The highest BCUT2D eigenvalue weighted by molar-refractivity contribution is 6.05. The summed E-state index contributed by atoms with van der Waals surface area (Å²) >= 11 is 0. The Balaban J connectivity index is 0.000000191. The van der Waals surface area contributed by atoms with E-state index in [1.54, 1.807) is 19.2 Å². The van der Waals surface area contributed by atoms with E-state index in [0.29, 0.717) is 75.1 Å². The fourth-order valence-corrected chi connectivity index (χ4v) is 19.5. The molecule has 0 radical (unpaired) electrons. The molecule has 3 aliphatic carbocycles. The SMILES string of the molecule is CC(C)(C)C1=Cc2cc(C(C)(C)C)cc(F)c2C1.CC(C)(C)c1cc2cc(C(C)(C)C)n(CCCO)c2cc1F.CC(C)c1cc2cc(C(C)(C)C)ccc2n1CCO.CCOC(=O)c1c(C(C)(C)C)ccc2cc[nH]c12.CCOC(=O)c1cc(C(C)(C)C)cc2c1C=CC2.CCOC(=O)c1cc2c(cc1C(C)(C)C)CC=C2.CN1CCc2ccc(C(C)(C)C)cc21.COCC(O)Cn1c(C(C)(C)C)cc2cc(C(C)(C)C)ccc21. The number of benzene rings is 8. The lowest BCUT2D eigenvalue weighted by Crippen LogP contribution is -2.25. The number of halogens is 2. The van der Waals surface area contributed by atoms with Crippen molar-refractivity contribution in [3.63, 3.8) is 0 Å². The molecular weight excluding hydrogens is 1870 g/mol. The second-order valence-electron chi connectivity index (χ2n) is 52.7.